The molecule has 0 aliphatic rings. The predicted molar refractivity (Wildman–Crippen MR) is 72.6 cm³/mol. The average Bonchev–Trinajstić information content (AvgIpc) is 2.77. The molecule has 0 bridgehead atoms. The Labute approximate surface area is 110 Å². The van der Waals surface area contributed by atoms with Gasteiger partial charge >= 0.3 is 0 Å². The van der Waals surface area contributed by atoms with Crippen LogP contribution >= 0.6 is 11.6 Å². The van der Waals surface area contributed by atoms with Crippen LogP contribution in [0.3, 0.4) is 0 Å². The molecule has 0 radical (unpaired) electrons. The lowest BCUT2D eigenvalue weighted by atomic mass is 10.1. The molecule has 4 heteroatoms. The number of rotatable bonds is 2. The molecule has 3 rings (SSSR count). The minimum Gasteiger partial charge on any atom is -0.328 e. The largest absolute Gasteiger partial charge is 0.328 e. The summed E-state index contributed by atoms with van der Waals surface area (Å²) in [5, 5.41) is -0.247. The first kappa shape index (κ1) is 11.2. The molecule has 18 heavy (non-hydrogen) atoms. The number of alkyl halides is 1. The molecule has 1 atom stereocenters. The maximum atomic E-state index is 6.50. The minimum absolute atomic E-state index is 0.247. The van der Waals surface area contributed by atoms with E-state index < -0.39 is 0 Å². The SMILES string of the molecule is Cn1c(C(Cl)c2ccccc2)nc2ccncc21. The van der Waals surface area contributed by atoms with Crippen molar-refractivity contribution >= 4 is 22.6 Å². The van der Waals surface area contributed by atoms with Gasteiger partial charge in [0, 0.05) is 13.2 Å². The van der Waals surface area contributed by atoms with E-state index in [1.165, 1.54) is 0 Å². The number of imidazole rings is 1. The Morgan fingerprint density at radius 2 is 1.94 bits per heavy atom. The van der Waals surface area contributed by atoms with Gasteiger partial charge in [0.05, 0.1) is 17.2 Å². The van der Waals surface area contributed by atoms with E-state index in [2.05, 4.69) is 9.97 Å². The lowest BCUT2D eigenvalue weighted by molar-refractivity contribution is 0.829. The van der Waals surface area contributed by atoms with Crippen LogP contribution in [0.15, 0.2) is 48.8 Å². The number of halogens is 1. The molecule has 3 nitrogen and oxygen atoms in total. The fourth-order valence-corrected chi connectivity index (χ4v) is 2.39. The van der Waals surface area contributed by atoms with Crippen molar-refractivity contribution in [1.29, 1.82) is 0 Å². The maximum Gasteiger partial charge on any atom is 0.132 e. The summed E-state index contributed by atoms with van der Waals surface area (Å²) in [6.07, 6.45) is 3.55. The second-order valence-electron chi connectivity index (χ2n) is 4.17. The number of aromatic nitrogens is 3. The molecule has 2 aromatic heterocycles. The van der Waals surface area contributed by atoms with Crippen molar-refractivity contribution in [3.05, 3.63) is 60.2 Å². The van der Waals surface area contributed by atoms with Crippen molar-refractivity contribution in [3.63, 3.8) is 0 Å². The molecule has 0 saturated heterocycles. The number of hydrogen-bond donors (Lipinski definition) is 0. The van der Waals surface area contributed by atoms with Crippen molar-refractivity contribution in [3.8, 4) is 0 Å². The van der Waals surface area contributed by atoms with E-state index in [0.29, 0.717) is 0 Å². The van der Waals surface area contributed by atoms with Crippen molar-refractivity contribution < 1.29 is 0 Å². The van der Waals surface area contributed by atoms with E-state index in [1.807, 2.05) is 48.0 Å². The highest BCUT2D eigenvalue weighted by Crippen LogP contribution is 2.29. The highest BCUT2D eigenvalue weighted by Gasteiger charge is 2.17. The van der Waals surface area contributed by atoms with Crippen LogP contribution in [0, 0.1) is 0 Å². The molecular formula is C14H12ClN3. The van der Waals surface area contributed by atoms with Gasteiger partial charge in [0.25, 0.3) is 0 Å². The summed E-state index contributed by atoms with van der Waals surface area (Å²) in [5.74, 6) is 0.839. The zero-order valence-corrected chi connectivity index (χ0v) is 10.7. The van der Waals surface area contributed by atoms with Gasteiger partial charge in [0.15, 0.2) is 0 Å². The Balaban J connectivity index is 2.12. The van der Waals surface area contributed by atoms with Gasteiger partial charge in [-0.05, 0) is 11.6 Å². The zero-order chi connectivity index (χ0) is 12.5. The van der Waals surface area contributed by atoms with Gasteiger partial charge in [-0.25, -0.2) is 4.98 Å². The summed E-state index contributed by atoms with van der Waals surface area (Å²) in [4.78, 5) is 8.69. The average molecular weight is 258 g/mol. The lowest BCUT2D eigenvalue weighted by Crippen LogP contribution is -2.02. The molecule has 1 aromatic carbocycles. The topological polar surface area (TPSA) is 30.7 Å². The van der Waals surface area contributed by atoms with Crippen LogP contribution in [0.2, 0.25) is 0 Å². The van der Waals surface area contributed by atoms with E-state index >= 15 is 0 Å². The number of nitrogens with zero attached hydrogens (tertiary/aromatic N) is 3. The van der Waals surface area contributed by atoms with E-state index in [0.717, 1.165) is 22.4 Å². The predicted octanol–water partition coefficient (Wildman–Crippen LogP) is 3.30. The van der Waals surface area contributed by atoms with E-state index in [-0.39, 0.29) is 5.38 Å². The third kappa shape index (κ3) is 1.77. The molecule has 0 aliphatic carbocycles. The molecule has 0 fully saturated rings. The summed E-state index contributed by atoms with van der Waals surface area (Å²) in [5.41, 5.74) is 2.96. The molecule has 0 aliphatic heterocycles. The molecule has 0 N–H and O–H groups in total. The van der Waals surface area contributed by atoms with Crippen LogP contribution in [-0.2, 0) is 7.05 Å². The van der Waals surface area contributed by atoms with Gasteiger partial charge < -0.3 is 4.57 Å². The quantitative estimate of drug-likeness (QED) is 0.660. The van der Waals surface area contributed by atoms with Crippen molar-refractivity contribution in [2.24, 2.45) is 7.05 Å². The van der Waals surface area contributed by atoms with Gasteiger partial charge in [0.2, 0.25) is 0 Å². The Morgan fingerprint density at radius 3 is 2.67 bits per heavy atom. The Bertz CT molecular complexity index is 676. The monoisotopic (exact) mass is 257 g/mol. The molecular weight excluding hydrogens is 246 g/mol. The summed E-state index contributed by atoms with van der Waals surface area (Å²) in [6.45, 7) is 0. The first-order valence-corrected chi connectivity index (χ1v) is 6.16. The Hall–Kier alpha value is -1.87. The first-order valence-electron chi connectivity index (χ1n) is 5.72. The van der Waals surface area contributed by atoms with Gasteiger partial charge in [-0.2, -0.15) is 0 Å². The van der Waals surface area contributed by atoms with E-state index in [1.54, 1.807) is 12.4 Å². The highest BCUT2D eigenvalue weighted by atomic mass is 35.5. The van der Waals surface area contributed by atoms with Gasteiger partial charge in [-0.3, -0.25) is 4.98 Å². The third-order valence-electron chi connectivity index (χ3n) is 3.04. The summed E-state index contributed by atoms with van der Waals surface area (Å²) in [7, 11) is 1.96. The molecule has 0 spiro atoms. The van der Waals surface area contributed by atoms with Crippen molar-refractivity contribution in [1.82, 2.24) is 14.5 Å². The van der Waals surface area contributed by atoms with Crippen LogP contribution in [0.25, 0.3) is 11.0 Å². The van der Waals surface area contributed by atoms with Crippen LogP contribution in [0.5, 0.6) is 0 Å². The lowest BCUT2D eigenvalue weighted by Gasteiger charge is -2.09. The van der Waals surface area contributed by atoms with Gasteiger partial charge in [0.1, 0.15) is 11.2 Å². The normalized spacial score (nSPS) is 12.8. The molecule has 0 amide bonds. The summed E-state index contributed by atoms with van der Waals surface area (Å²) >= 11 is 6.50. The Kier molecular flexibility index (Phi) is 2.76. The van der Waals surface area contributed by atoms with Crippen molar-refractivity contribution in [2.75, 3.05) is 0 Å². The van der Waals surface area contributed by atoms with Crippen LogP contribution in [0.4, 0.5) is 0 Å². The van der Waals surface area contributed by atoms with Gasteiger partial charge in [-0.15, -0.1) is 11.6 Å². The maximum absolute atomic E-state index is 6.50. The highest BCUT2D eigenvalue weighted by molar-refractivity contribution is 6.22. The number of pyridine rings is 1. The molecule has 1 unspecified atom stereocenters. The smallest absolute Gasteiger partial charge is 0.132 e. The first-order chi connectivity index (χ1) is 8.77. The van der Waals surface area contributed by atoms with E-state index in [9.17, 15) is 0 Å². The van der Waals surface area contributed by atoms with Crippen LogP contribution in [0.1, 0.15) is 16.8 Å². The molecule has 3 aromatic rings. The van der Waals surface area contributed by atoms with Crippen LogP contribution in [-0.4, -0.2) is 14.5 Å². The second kappa shape index (κ2) is 4.42. The molecule has 2 heterocycles. The standard InChI is InChI=1S/C14H12ClN3/c1-18-12-9-16-8-7-11(12)17-14(18)13(15)10-5-3-2-4-6-10/h2-9,13H,1H3. The minimum atomic E-state index is -0.247. The molecule has 0 saturated carbocycles. The number of fused-ring (bicyclic) bond motifs is 1. The number of aryl methyl sites for hydroxylation is 1. The number of benzene rings is 1. The summed E-state index contributed by atoms with van der Waals surface area (Å²) < 4.78 is 1.99. The fourth-order valence-electron chi connectivity index (χ4n) is 2.05. The third-order valence-corrected chi connectivity index (χ3v) is 3.48. The number of hydrogen-bond acceptors (Lipinski definition) is 2. The zero-order valence-electron chi connectivity index (χ0n) is 9.92. The molecule has 90 valence electrons. The summed E-state index contributed by atoms with van der Waals surface area (Å²) in [6, 6.07) is 11.9. The van der Waals surface area contributed by atoms with E-state index in [4.69, 9.17) is 11.6 Å². The second-order valence-corrected chi connectivity index (χ2v) is 4.60. The van der Waals surface area contributed by atoms with Gasteiger partial charge in [-0.1, -0.05) is 30.3 Å². The van der Waals surface area contributed by atoms with Crippen LogP contribution < -0.4 is 0 Å². The fraction of sp³-hybridized carbons (Fsp3) is 0.143. The van der Waals surface area contributed by atoms with Crippen molar-refractivity contribution in [2.45, 2.75) is 5.38 Å². The Morgan fingerprint density at radius 1 is 1.17 bits per heavy atom.